The van der Waals surface area contributed by atoms with Crippen LogP contribution < -0.4 is 0 Å². The molecule has 0 aliphatic heterocycles. The quantitative estimate of drug-likeness (QED) is 0.0222. The van der Waals surface area contributed by atoms with Gasteiger partial charge in [0.25, 0.3) is 0 Å². The number of aliphatic hydroxyl groups excluding tert-OH is 1. The maximum absolute atomic E-state index is 13.0. The summed E-state index contributed by atoms with van der Waals surface area (Å²) in [5, 5.41) is 10.6. The molecule has 0 aromatic carbocycles. The minimum absolute atomic E-state index is 0.104. The zero-order valence-corrected chi connectivity index (χ0v) is 60.8. The number of rotatable bonds is 72. The number of phosphoric ester groups is 2. The van der Waals surface area contributed by atoms with Crippen LogP contribution in [-0.4, -0.2) is 96.7 Å². The van der Waals surface area contributed by atoms with Crippen LogP contribution in [0.1, 0.15) is 375 Å². The van der Waals surface area contributed by atoms with Crippen LogP contribution in [0.5, 0.6) is 0 Å². The van der Waals surface area contributed by atoms with E-state index in [1.165, 1.54) is 193 Å². The fourth-order valence-electron chi connectivity index (χ4n) is 11.0. The summed E-state index contributed by atoms with van der Waals surface area (Å²) in [6, 6.07) is 0. The lowest BCUT2D eigenvalue weighted by molar-refractivity contribution is -0.161. The van der Waals surface area contributed by atoms with E-state index in [4.69, 9.17) is 37.0 Å². The summed E-state index contributed by atoms with van der Waals surface area (Å²) in [6.07, 6.45) is 53.4. The van der Waals surface area contributed by atoms with Crippen molar-refractivity contribution in [3.8, 4) is 0 Å². The maximum atomic E-state index is 13.0. The minimum atomic E-state index is -4.95. The Hall–Kier alpha value is -1.94. The average molecular weight is 1340 g/mol. The molecule has 0 heterocycles. The maximum Gasteiger partial charge on any atom is 0.472 e. The van der Waals surface area contributed by atoms with E-state index in [1.54, 1.807) is 0 Å². The molecule has 0 saturated carbocycles. The Morgan fingerprint density at radius 2 is 0.505 bits per heavy atom. The Balaban J connectivity index is 5.09. The van der Waals surface area contributed by atoms with Gasteiger partial charge in [-0.2, -0.15) is 0 Å². The molecule has 0 aliphatic rings. The number of carbonyl (C=O) groups excluding carboxylic acids is 4. The topological polar surface area (TPSA) is 237 Å². The Kier molecular flexibility index (Phi) is 64.0. The summed E-state index contributed by atoms with van der Waals surface area (Å²) >= 11 is 0. The molecule has 0 spiro atoms. The molecule has 0 aliphatic carbocycles. The van der Waals surface area contributed by atoms with Gasteiger partial charge in [0.2, 0.25) is 0 Å². The Bertz CT molecular complexity index is 1750. The van der Waals surface area contributed by atoms with Gasteiger partial charge in [0.05, 0.1) is 26.4 Å². The van der Waals surface area contributed by atoms with Crippen LogP contribution in [0.3, 0.4) is 0 Å². The summed E-state index contributed by atoms with van der Waals surface area (Å²) in [4.78, 5) is 72.3. The molecular formula is C72H140O17P2. The van der Waals surface area contributed by atoms with Crippen molar-refractivity contribution in [3.63, 3.8) is 0 Å². The lowest BCUT2D eigenvalue weighted by Gasteiger charge is -2.21. The molecule has 0 rings (SSSR count). The average Bonchev–Trinajstić information content (AvgIpc) is 3.70. The smallest absolute Gasteiger partial charge is 0.462 e. The molecule has 5 atom stereocenters. The predicted molar refractivity (Wildman–Crippen MR) is 368 cm³/mol. The number of hydrogen-bond acceptors (Lipinski definition) is 15. The number of carbonyl (C=O) groups is 4. The molecule has 3 N–H and O–H groups in total. The van der Waals surface area contributed by atoms with Gasteiger partial charge in [-0.05, 0) is 31.6 Å². The fourth-order valence-corrected chi connectivity index (χ4v) is 12.6. The highest BCUT2D eigenvalue weighted by atomic mass is 31.2. The van der Waals surface area contributed by atoms with E-state index < -0.39 is 97.5 Å². The van der Waals surface area contributed by atoms with Crippen molar-refractivity contribution in [2.45, 2.75) is 393 Å². The number of aliphatic hydroxyl groups is 1. The summed E-state index contributed by atoms with van der Waals surface area (Å²) in [5.41, 5.74) is 0. The van der Waals surface area contributed by atoms with Crippen molar-refractivity contribution in [1.82, 2.24) is 0 Å². The van der Waals surface area contributed by atoms with Crippen molar-refractivity contribution in [1.29, 1.82) is 0 Å². The first-order valence-electron chi connectivity index (χ1n) is 37.6. The number of unbranched alkanes of at least 4 members (excludes halogenated alkanes) is 44. The molecule has 0 saturated heterocycles. The van der Waals surface area contributed by atoms with E-state index in [0.29, 0.717) is 25.7 Å². The molecule has 0 fully saturated rings. The molecule has 91 heavy (non-hydrogen) atoms. The van der Waals surface area contributed by atoms with Crippen molar-refractivity contribution in [3.05, 3.63) is 0 Å². The SMILES string of the molecule is CCCCCCCCCCCCCCCCCCCCCCCCC(=O)O[C@H](COC(=O)CCCCCCCCCCCCCCC)COP(=O)(O)OC[C@@H](O)COP(=O)(O)OC[C@@H](COC(=O)CCCCCCC)OC(=O)CCCCCCCCCCC(C)C. The largest absolute Gasteiger partial charge is 0.472 e. The van der Waals surface area contributed by atoms with E-state index >= 15 is 0 Å². The molecule has 2 unspecified atom stereocenters. The lowest BCUT2D eigenvalue weighted by atomic mass is 10.0. The van der Waals surface area contributed by atoms with Gasteiger partial charge < -0.3 is 33.8 Å². The van der Waals surface area contributed by atoms with Crippen LogP contribution in [0.25, 0.3) is 0 Å². The molecule has 0 aromatic rings. The van der Waals surface area contributed by atoms with E-state index in [0.717, 1.165) is 102 Å². The molecule has 0 radical (unpaired) electrons. The molecular weight excluding hydrogens is 1200 g/mol. The standard InChI is InChI=1S/C72H140O17P2/c1-6-9-12-15-17-19-21-23-24-25-26-27-28-29-30-31-33-35-37-42-47-52-57-71(76)89-68(62-83-70(75)56-51-46-41-36-34-32-22-20-18-16-13-10-7-2)64-87-91(80,81)85-60-66(73)59-84-90(78,79)86-63-67(61-82-69(74)55-50-44-14-11-8-3)88-72(77)58-53-48-43-39-38-40-45-49-54-65(4)5/h65-68,73H,6-64H2,1-5H3,(H,78,79)(H,80,81)/t66-,67+,68+/m0/s1. The molecule has 19 heteroatoms. The number of phosphoric acid groups is 2. The Labute approximate surface area is 556 Å². The summed E-state index contributed by atoms with van der Waals surface area (Å²) in [6.45, 7) is 7.12. The zero-order valence-electron chi connectivity index (χ0n) is 59.0. The van der Waals surface area contributed by atoms with Gasteiger partial charge in [0.15, 0.2) is 12.2 Å². The normalized spacial score (nSPS) is 14.0. The predicted octanol–water partition coefficient (Wildman–Crippen LogP) is 20.9. The van der Waals surface area contributed by atoms with E-state index in [2.05, 4.69) is 34.6 Å². The molecule has 0 aromatic heterocycles. The van der Waals surface area contributed by atoms with Gasteiger partial charge in [-0.1, -0.05) is 324 Å². The third kappa shape index (κ3) is 66.5. The van der Waals surface area contributed by atoms with Crippen LogP contribution in [0.4, 0.5) is 0 Å². The third-order valence-electron chi connectivity index (χ3n) is 16.8. The van der Waals surface area contributed by atoms with Gasteiger partial charge >= 0.3 is 39.5 Å². The van der Waals surface area contributed by atoms with Crippen molar-refractivity contribution < 1.29 is 80.2 Å². The van der Waals surface area contributed by atoms with E-state index in [-0.39, 0.29) is 25.7 Å². The summed E-state index contributed by atoms with van der Waals surface area (Å²) in [5.74, 6) is -1.42. The number of ether oxygens (including phenoxy) is 4. The van der Waals surface area contributed by atoms with Gasteiger partial charge in [0, 0.05) is 25.7 Å². The van der Waals surface area contributed by atoms with Crippen molar-refractivity contribution >= 4 is 39.5 Å². The van der Waals surface area contributed by atoms with Crippen molar-refractivity contribution in [2.75, 3.05) is 39.6 Å². The first-order valence-corrected chi connectivity index (χ1v) is 40.6. The molecule has 540 valence electrons. The highest BCUT2D eigenvalue weighted by Crippen LogP contribution is 2.45. The van der Waals surface area contributed by atoms with Gasteiger partial charge in [0.1, 0.15) is 19.3 Å². The number of esters is 4. The summed E-state index contributed by atoms with van der Waals surface area (Å²) < 4.78 is 68.1. The molecule has 0 bridgehead atoms. The second kappa shape index (κ2) is 65.4. The Morgan fingerprint density at radius 3 is 0.747 bits per heavy atom. The second-order valence-electron chi connectivity index (χ2n) is 26.5. The zero-order chi connectivity index (χ0) is 67.0. The van der Waals surface area contributed by atoms with Crippen LogP contribution in [0, 0.1) is 5.92 Å². The number of hydrogen-bond donors (Lipinski definition) is 3. The monoisotopic (exact) mass is 1340 g/mol. The molecule has 17 nitrogen and oxygen atoms in total. The van der Waals surface area contributed by atoms with Crippen LogP contribution in [0.2, 0.25) is 0 Å². The lowest BCUT2D eigenvalue weighted by Crippen LogP contribution is -2.30. The third-order valence-corrected chi connectivity index (χ3v) is 18.7. The highest BCUT2D eigenvalue weighted by molar-refractivity contribution is 7.47. The Morgan fingerprint density at radius 1 is 0.297 bits per heavy atom. The summed E-state index contributed by atoms with van der Waals surface area (Å²) in [7, 11) is -9.89. The molecule has 0 amide bonds. The highest BCUT2D eigenvalue weighted by Gasteiger charge is 2.30. The van der Waals surface area contributed by atoms with E-state index in [9.17, 15) is 43.2 Å². The second-order valence-corrected chi connectivity index (χ2v) is 29.4. The van der Waals surface area contributed by atoms with Crippen LogP contribution in [-0.2, 0) is 65.4 Å². The first kappa shape index (κ1) is 89.1. The van der Waals surface area contributed by atoms with Gasteiger partial charge in [-0.25, -0.2) is 9.13 Å². The fraction of sp³-hybridized carbons (Fsp3) is 0.944. The van der Waals surface area contributed by atoms with E-state index in [1.807, 2.05) is 0 Å². The first-order chi connectivity index (χ1) is 44.0. The van der Waals surface area contributed by atoms with Gasteiger partial charge in [-0.3, -0.25) is 37.3 Å². The van der Waals surface area contributed by atoms with Gasteiger partial charge in [-0.15, -0.1) is 0 Å². The van der Waals surface area contributed by atoms with Crippen LogP contribution in [0.15, 0.2) is 0 Å². The van der Waals surface area contributed by atoms with Crippen LogP contribution >= 0.6 is 15.6 Å². The minimum Gasteiger partial charge on any atom is -0.462 e. The van der Waals surface area contributed by atoms with Crippen molar-refractivity contribution in [2.24, 2.45) is 5.92 Å².